The molecule has 3 aromatic rings. The second-order valence-corrected chi connectivity index (χ2v) is 8.04. The van der Waals surface area contributed by atoms with Crippen molar-refractivity contribution in [2.24, 2.45) is 0 Å². The number of carbonyl (C=O) groups excluding carboxylic acids is 1. The average molecular weight is 479 g/mol. The number of nitrogens with one attached hydrogen (secondary N) is 1. The second-order valence-electron chi connectivity index (χ2n) is 7.64. The number of likely N-dealkylation sites (N-methyl/N-ethyl adjacent to an activating group) is 1. The summed E-state index contributed by atoms with van der Waals surface area (Å²) in [7, 11) is 3.62. The molecule has 2 aromatic carbocycles. The molecule has 174 valence electrons. The minimum atomic E-state index is -4.63. The number of rotatable bonds is 6. The third kappa shape index (κ3) is 5.43. The van der Waals surface area contributed by atoms with Gasteiger partial charge in [-0.3, -0.25) is 9.59 Å². The fraction of sp³-hybridized carbons (Fsp3) is 0.261. The highest BCUT2D eigenvalue weighted by Crippen LogP contribution is 2.33. The van der Waals surface area contributed by atoms with Gasteiger partial charge in [-0.15, -0.1) is 0 Å². The van der Waals surface area contributed by atoms with Crippen LogP contribution in [0.2, 0.25) is 5.02 Å². The Balaban J connectivity index is 1.94. The SMILES string of the molecule is Cc1cc(=O)c(C(=O)NCC(c2ccccc2Cl)N(C)C)nn1-c1ccccc1C(F)(F)F. The smallest absolute Gasteiger partial charge is 0.349 e. The summed E-state index contributed by atoms with van der Waals surface area (Å²) >= 11 is 6.28. The molecule has 33 heavy (non-hydrogen) atoms. The van der Waals surface area contributed by atoms with Gasteiger partial charge < -0.3 is 10.2 Å². The summed E-state index contributed by atoms with van der Waals surface area (Å²) in [6, 6.07) is 12.8. The number of halogens is 4. The molecular weight excluding hydrogens is 457 g/mol. The van der Waals surface area contributed by atoms with E-state index in [9.17, 15) is 22.8 Å². The molecule has 0 fully saturated rings. The maximum absolute atomic E-state index is 13.5. The first kappa shape index (κ1) is 24.5. The number of aryl methyl sites for hydroxylation is 1. The van der Waals surface area contributed by atoms with Crippen LogP contribution in [0.1, 0.15) is 33.4 Å². The van der Waals surface area contributed by atoms with Gasteiger partial charge >= 0.3 is 6.18 Å². The number of alkyl halides is 3. The maximum atomic E-state index is 13.5. The number of carbonyl (C=O) groups is 1. The number of hydrogen-bond acceptors (Lipinski definition) is 4. The molecule has 0 saturated heterocycles. The predicted molar refractivity (Wildman–Crippen MR) is 120 cm³/mol. The van der Waals surface area contributed by atoms with E-state index in [0.29, 0.717) is 5.02 Å². The van der Waals surface area contributed by atoms with Gasteiger partial charge in [0.25, 0.3) is 5.91 Å². The highest BCUT2D eigenvalue weighted by atomic mass is 35.5. The van der Waals surface area contributed by atoms with Crippen LogP contribution >= 0.6 is 11.6 Å². The van der Waals surface area contributed by atoms with Crippen LogP contribution in [0.5, 0.6) is 0 Å². The van der Waals surface area contributed by atoms with Crippen LogP contribution in [0.3, 0.4) is 0 Å². The molecule has 1 aromatic heterocycles. The number of nitrogens with zero attached hydrogens (tertiary/aromatic N) is 3. The van der Waals surface area contributed by atoms with Crippen LogP contribution in [0.15, 0.2) is 59.4 Å². The van der Waals surface area contributed by atoms with Crippen molar-refractivity contribution >= 4 is 17.5 Å². The van der Waals surface area contributed by atoms with Gasteiger partial charge in [-0.1, -0.05) is 41.9 Å². The van der Waals surface area contributed by atoms with E-state index in [1.54, 1.807) is 12.1 Å². The second kappa shape index (κ2) is 9.76. The Kier molecular flexibility index (Phi) is 7.24. The standard InChI is InChI=1S/C23H22ClF3N4O2/c1-14-12-20(32)21(29-31(14)18-11-7-5-9-16(18)23(25,26)27)22(33)28-13-19(30(2)3)15-8-4-6-10-17(15)24/h4-12,19H,13H2,1-3H3,(H,28,33). The fourth-order valence-corrected chi connectivity index (χ4v) is 3.70. The van der Waals surface area contributed by atoms with E-state index >= 15 is 0 Å². The first-order valence-electron chi connectivity index (χ1n) is 9.97. The lowest BCUT2D eigenvalue weighted by molar-refractivity contribution is -0.137. The van der Waals surface area contributed by atoms with Crippen molar-refractivity contribution in [1.29, 1.82) is 0 Å². The van der Waals surface area contributed by atoms with Crippen molar-refractivity contribution in [2.75, 3.05) is 20.6 Å². The van der Waals surface area contributed by atoms with Crippen molar-refractivity contribution in [3.63, 3.8) is 0 Å². The molecule has 0 aliphatic carbocycles. The monoisotopic (exact) mass is 478 g/mol. The fourth-order valence-electron chi connectivity index (χ4n) is 3.44. The van der Waals surface area contributed by atoms with Crippen molar-refractivity contribution in [2.45, 2.75) is 19.1 Å². The van der Waals surface area contributed by atoms with E-state index < -0.39 is 28.8 Å². The summed E-state index contributed by atoms with van der Waals surface area (Å²) in [5.74, 6) is -0.794. The van der Waals surface area contributed by atoms with Gasteiger partial charge in [0, 0.05) is 23.3 Å². The number of amides is 1. The maximum Gasteiger partial charge on any atom is 0.418 e. The zero-order valence-electron chi connectivity index (χ0n) is 18.2. The lowest BCUT2D eigenvalue weighted by Gasteiger charge is -2.26. The van der Waals surface area contributed by atoms with E-state index in [1.165, 1.54) is 25.1 Å². The van der Waals surface area contributed by atoms with Crippen LogP contribution in [-0.2, 0) is 6.18 Å². The number of aromatic nitrogens is 2. The van der Waals surface area contributed by atoms with Gasteiger partial charge in [-0.05, 0) is 44.8 Å². The van der Waals surface area contributed by atoms with E-state index in [-0.39, 0.29) is 24.0 Å². The first-order chi connectivity index (χ1) is 15.5. The van der Waals surface area contributed by atoms with Gasteiger partial charge in [-0.2, -0.15) is 18.3 Å². The third-order valence-corrected chi connectivity index (χ3v) is 5.45. The van der Waals surface area contributed by atoms with Crippen LogP contribution in [0.25, 0.3) is 5.69 Å². The number of hydrogen-bond donors (Lipinski definition) is 1. The van der Waals surface area contributed by atoms with Crippen LogP contribution in [-0.4, -0.2) is 41.2 Å². The lowest BCUT2D eigenvalue weighted by Crippen LogP contribution is -2.38. The molecule has 0 saturated carbocycles. The van der Waals surface area contributed by atoms with E-state index in [2.05, 4.69) is 10.4 Å². The van der Waals surface area contributed by atoms with E-state index in [4.69, 9.17) is 11.6 Å². The summed E-state index contributed by atoms with van der Waals surface area (Å²) in [6.07, 6.45) is -4.63. The largest absolute Gasteiger partial charge is 0.418 e. The summed E-state index contributed by atoms with van der Waals surface area (Å²) in [5.41, 5.74) is -1.46. The van der Waals surface area contributed by atoms with Crippen LogP contribution in [0.4, 0.5) is 13.2 Å². The topological polar surface area (TPSA) is 67.2 Å². The van der Waals surface area contributed by atoms with Crippen LogP contribution in [0, 0.1) is 6.92 Å². The molecule has 0 radical (unpaired) electrons. The molecule has 6 nitrogen and oxygen atoms in total. The Hall–Kier alpha value is -3.17. The van der Waals surface area contributed by atoms with Gasteiger partial charge in [0.05, 0.1) is 17.3 Å². The quantitative estimate of drug-likeness (QED) is 0.575. The van der Waals surface area contributed by atoms with Gasteiger partial charge in [0.15, 0.2) is 5.69 Å². The third-order valence-electron chi connectivity index (χ3n) is 5.10. The Morgan fingerprint density at radius 1 is 1.15 bits per heavy atom. The number of benzene rings is 2. The first-order valence-corrected chi connectivity index (χ1v) is 10.3. The van der Waals surface area contributed by atoms with Gasteiger partial charge in [0.2, 0.25) is 5.43 Å². The predicted octanol–water partition coefficient (Wildman–Crippen LogP) is 4.25. The van der Waals surface area contributed by atoms with Crippen molar-refractivity contribution < 1.29 is 18.0 Å². The Morgan fingerprint density at radius 2 is 1.79 bits per heavy atom. The molecule has 0 spiro atoms. The molecule has 0 aliphatic heterocycles. The molecule has 3 rings (SSSR count). The van der Waals surface area contributed by atoms with Crippen molar-refractivity contribution in [1.82, 2.24) is 20.0 Å². The molecular formula is C23H22ClF3N4O2. The highest BCUT2D eigenvalue weighted by molar-refractivity contribution is 6.31. The van der Waals surface area contributed by atoms with Crippen LogP contribution < -0.4 is 10.7 Å². The highest BCUT2D eigenvalue weighted by Gasteiger charge is 2.34. The number of para-hydroxylation sites is 1. The normalized spacial score (nSPS) is 12.6. The average Bonchev–Trinajstić information content (AvgIpc) is 2.74. The Labute approximate surface area is 193 Å². The van der Waals surface area contributed by atoms with Gasteiger partial charge in [0.1, 0.15) is 0 Å². The molecule has 1 unspecified atom stereocenters. The molecule has 1 amide bonds. The zero-order valence-corrected chi connectivity index (χ0v) is 18.9. The molecule has 0 bridgehead atoms. The Bertz CT molecular complexity index is 1220. The minimum absolute atomic E-state index is 0.101. The molecule has 1 atom stereocenters. The van der Waals surface area contributed by atoms with Gasteiger partial charge in [-0.25, -0.2) is 4.68 Å². The summed E-state index contributed by atoms with van der Waals surface area (Å²) in [4.78, 5) is 27.1. The molecule has 0 aliphatic rings. The summed E-state index contributed by atoms with van der Waals surface area (Å²) in [5, 5.41) is 7.15. The van der Waals surface area contributed by atoms with E-state index in [0.717, 1.165) is 22.4 Å². The summed E-state index contributed by atoms with van der Waals surface area (Å²) in [6.45, 7) is 1.55. The zero-order chi connectivity index (χ0) is 24.3. The van der Waals surface area contributed by atoms with Crippen molar-refractivity contribution in [3.05, 3.63) is 92.4 Å². The Morgan fingerprint density at radius 3 is 2.42 bits per heavy atom. The van der Waals surface area contributed by atoms with E-state index in [1.807, 2.05) is 31.1 Å². The molecule has 1 N–H and O–H groups in total. The molecule has 1 heterocycles. The van der Waals surface area contributed by atoms with Crippen molar-refractivity contribution in [3.8, 4) is 5.69 Å². The molecule has 10 heteroatoms. The summed E-state index contributed by atoms with van der Waals surface area (Å²) < 4.78 is 41.4. The minimum Gasteiger partial charge on any atom is -0.349 e. The lowest BCUT2D eigenvalue weighted by atomic mass is 10.1.